The quantitative estimate of drug-likeness (QED) is 0.867. The number of nitrogens with zero attached hydrogens (tertiary/aromatic N) is 1. The van der Waals surface area contributed by atoms with Crippen molar-refractivity contribution in [2.24, 2.45) is 0 Å². The fourth-order valence-electron chi connectivity index (χ4n) is 1.93. The van der Waals surface area contributed by atoms with E-state index in [1.54, 1.807) is 18.0 Å². The first-order valence-corrected chi connectivity index (χ1v) is 5.47. The Hall–Kier alpha value is -1.78. The molecule has 1 unspecified atom stereocenters. The molecule has 0 spiro atoms. The normalized spacial score (nSPS) is 19.6. The fourth-order valence-corrected chi connectivity index (χ4v) is 1.93. The van der Waals surface area contributed by atoms with Crippen LogP contribution in [0.25, 0.3) is 0 Å². The molecule has 1 aromatic carbocycles. The maximum absolute atomic E-state index is 13.0. The summed E-state index contributed by atoms with van der Waals surface area (Å²) < 4.78 is 18.1. The van der Waals surface area contributed by atoms with Crippen LogP contribution in [0.3, 0.4) is 0 Å². The molecule has 0 saturated carbocycles. The summed E-state index contributed by atoms with van der Waals surface area (Å²) in [5.74, 6) is 0.103. The predicted molar refractivity (Wildman–Crippen MR) is 62.6 cm³/mol. The first-order valence-electron chi connectivity index (χ1n) is 5.47. The zero-order valence-corrected chi connectivity index (χ0v) is 9.87. The van der Waals surface area contributed by atoms with E-state index in [0.717, 1.165) is 13.0 Å². The van der Waals surface area contributed by atoms with Gasteiger partial charge in [-0.1, -0.05) is 0 Å². The minimum atomic E-state index is -0.359. The number of likely N-dealkylation sites (tertiary alicyclic amines) is 1. The summed E-state index contributed by atoms with van der Waals surface area (Å²) in [7, 11) is 3.24. The van der Waals surface area contributed by atoms with E-state index in [4.69, 9.17) is 4.74 Å². The summed E-state index contributed by atoms with van der Waals surface area (Å²) >= 11 is 0. The Morgan fingerprint density at radius 2 is 2.29 bits per heavy atom. The van der Waals surface area contributed by atoms with E-state index in [9.17, 15) is 9.18 Å². The van der Waals surface area contributed by atoms with Gasteiger partial charge in [0.1, 0.15) is 17.6 Å². The van der Waals surface area contributed by atoms with Crippen LogP contribution < -0.4 is 10.1 Å². The van der Waals surface area contributed by atoms with Gasteiger partial charge in [-0.2, -0.15) is 0 Å². The Bertz CT molecular complexity index is 437. The van der Waals surface area contributed by atoms with E-state index >= 15 is 0 Å². The maximum Gasteiger partial charge on any atom is 0.244 e. The SMILES string of the molecule is COc1cc(F)ccc1NC1CCN(C)C1=O. The van der Waals surface area contributed by atoms with Crippen LogP contribution in [0.2, 0.25) is 0 Å². The van der Waals surface area contributed by atoms with E-state index in [0.29, 0.717) is 11.4 Å². The molecule has 1 heterocycles. The second kappa shape index (κ2) is 4.61. The topological polar surface area (TPSA) is 41.6 Å². The van der Waals surface area contributed by atoms with Crippen LogP contribution in [-0.4, -0.2) is 37.6 Å². The van der Waals surface area contributed by atoms with Gasteiger partial charge < -0.3 is 15.0 Å². The number of carbonyl (C=O) groups is 1. The van der Waals surface area contributed by atoms with Gasteiger partial charge >= 0.3 is 0 Å². The molecule has 17 heavy (non-hydrogen) atoms. The summed E-state index contributed by atoms with van der Waals surface area (Å²) in [6.45, 7) is 0.736. The molecule has 5 heteroatoms. The number of hydrogen-bond donors (Lipinski definition) is 1. The summed E-state index contributed by atoms with van der Waals surface area (Å²) in [6, 6.07) is 3.97. The van der Waals surface area contributed by atoms with Gasteiger partial charge in [0, 0.05) is 19.7 Å². The van der Waals surface area contributed by atoms with Crippen molar-refractivity contribution in [1.29, 1.82) is 0 Å². The average Bonchev–Trinajstić information content (AvgIpc) is 2.63. The zero-order chi connectivity index (χ0) is 12.4. The van der Waals surface area contributed by atoms with Gasteiger partial charge in [-0.05, 0) is 18.6 Å². The number of nitrogens with one attached hydrogen (secondary N) is 1. The van der Waals surface area contributed by atoms with E-state index in [-0.39, 0.29) is 17.8 Å². The summed E-state index contributed by atoms with van der Waals surface area (Å²) in [4.78, 5) is 13.4. The molecule has 0 aromatic heterocycles. The van der Waals surface area contributed by atoms with Crippen LogP contribution in [0.4, 0.5) is 10.1 Å². The molecule has 1 aliphatic heterocycles. The molecule has 1 saturated heterocycles. The van der Waals surface area contributed by atoms with Crippen molar-refractivity contribution in [2.45, 2.75) is 12.5 Å². The molecule has 2 rings (SSSR count). The van der Waals surface area contributed by atoms with Crippen LogP contribution in [0.5, 0.6) is 5.75 Å². The van der Waals surface area contributed by atoms with Gasteiger partial charge in [-0.15, -0.1) is 0 Å². The standard InChI is InChI=1S/C12H15FN2O2/c1-15-6-5-10(12(15)16)14-9-4-3-8(13)7-11(9)17-2/h3-4,7,10,14H,5-6H2,1-2H3. The Kier molecular flexibility index (Phi) is 3.17. The van der Waals surface area contributed by atoms with Gasteiger partial charge in [0.15, 0.2) is 0 Å². The lowest BCUT2D eigenvalue weighted by Gasteiger charge is -2.15. The van der Waals surface area contributed by atoms with Gasteiger partial charge in [-0.25, -0.2) is 4.39 Å². The molecular formula is C12H15FN2O2. The van der Waals surface area contributed by atoms with Crippen LogP contribution in [0.15, 0.2) is 18.2 Å². The Labute approximate surface area is 99.4 Å². The highest BCUT2D eigenvalue weighted by Gasteiger charge is 2.29. The molecule has 0 bridgehead atoms. The molecular weight excluding hydrogens is 223 g/mol. The number of ether oxygens (including phenoxy) is 1. The summed E-state index contributed by atoms with van der Waals surface area (Å²) in [5, 5.41) is 3.08. The predicted octanol–water partition coefficient (Wildman–Crippen LogP) is 1.48. The lowest BCUT2D eigenvalue weighted by Crippen LogP contribution is -2.31. The number of amides is 1. The third kappa shape index (κ3) is 2.33. The van der Waals surface area contributed by atoms with E-state index in [1.807, 2.05) is 0 Å². The van der Waals surface area contributed by atoms with Crippen molar-refractivity contribution in [1.82, 2.24) is 4.90 Å². The maximum atomic E-state index is 13.0. The smallest absolute Gasteiger partial charge is 0.244 e. The molecule has 0 aliphatic carbocycles. The van der Waals surface area contributed by atoms with Crippen molar-refractivity contribution in [3.05, 3.63) is 24.0 Å². The second-order valence-corrected chi connectivity index (χ2v) is 4.09. The van der Waals surface area contributed by atoms with Crippen LogP contribution in [0.1, 0.15) is 6.42 Å². The molecule has 0 radical (unpaired) electrons. The van der Waals surface area contributed by atoms with Gasteiger partial charge in [0.05, 0.1) is 12.8 Å². The van der Waals surface area contributed by atoms with E-state index in [2.05, 4.69) is 5.32 Å². The number of halogens is 1. The third-order valence-electron chi connectivity index (χ3n) is 2.92. The van der Waals surface area contributed by atoms with Crippen LogP contribution >= 0.6 is 0 Å². The number of benzene rings is 1. The fraction of sp³-hybridized carbons (Fsp3) is 0.417. The van der Waals surface area contributed by atoms with Gasteiger partial charge in [0.25, 0.3) is 0 Å². The monoisotopic (exact) mass is 238 g/mol. The van der Waals surface area contributed by atoms with E-state index < -0.39 is 0 Å². The molecule has 4 nitrogen and oxygen atoms in total. The molecule has 1 aliphatic rings. The zero-order valence-electron chi connectivity index (χ0n) is 9.87. The van der Waals surface area contributed by atoms with Crippen molar-refractivity contribution in [3.8, 4) is 5.75 Å². The number of carbonyl (C=O) groups excluding carboxylic acids is 1. The lowest BCUT2D eigenvalue weighted by molar-refractivity contribution is -0.127. The third-order valence-corrected chi connectivity index (χ3v) is 2.92. The molecule has 1 fully saturated rings. The molecule has 1 atom stereocenters. The first kappa shape index (κ1) is 11.7. The highest BCUT2D eigenvalue weighted by atomic mass is 19.1. The highest BCUT2D eigenvalue weighted by molar-refractivity contribution is 5.86. The first-order chi connectivity index (χ1) is 8.11. The minimum absolute atomic E-state index is 0.0522. The van der Waals surface area contributed by atoms with Crippen LogP contribution in [0, 0.1) is 5.82 Å². The number of methoxy groups -OCH3 is 1. The van der Waals surface area contributed by atoms with Crippen molar-refractivity contribution in [3.63, 3.8) is 0 Å². The Balaban J connectivity index is 2.16. The molecule has 1 aromatic rings. The molecule has 1 N–H and O–H groups in total. The number of hydrogen-bond acceptors (Lipinski definition) is 3. The summed E-state index contributed by atoms with van der Waals surface area (Å²) in [6.07, 6.45) is 0.746. The van der Waals surface area contributed by atoms with Crippen molar-refractivity contribution >= 4 is 11.6 Å². The van der Waals surface area contributed by atoms with Gasteiger partial charge in [-0.3, -0.25) is 4.79 Å². The molecule has 1 amide bonds. The Morgan fingerprint density at radius 1 is 1.53 bits per heavy atom. The largest absolute Gasteiger partial charge is 0.494 e. The van der Waals surface area contributed by atoms with Crippen molar-refractivity contribution < 1.29 is 13.9 Å². The molecule has 92 valence electrons. The summed E-state index contributed by atoms with van der Waals surface area (Å²) in [5.41, 5.74) is 0.641. The number of anilines is 1. The highest BCUT2D eigenvalue weighted by Crippen LogP contribution is 2.27. The average molecular weight is 238 g/mol. The minimum Gasteiger partial charge on any atom is -0.494 e. The second-order valence-electron chi connectivity index (χ2n) is 4.09. The Morgan fingerprint density at radius 3 is 2.88 bits per heavy atom. The van der Waals surface area contributed by atoms with Crippen molar-refractivity contribution in [2.75, 3.05) is 26.0 Å². The van der Waals surface area contributed by atoms with Gasteiger partial charge in [0.2, 0.25) is 5.91 Å². The lowest BCUT2D eigenvalue weighted by atomic mass is 10.2. The number of rotatable bonds is 3. The van der Waals surface area contributed by atoms with E-state index in [1.165, 1.54) is 19.2 Å². The number of likely N-dealkylation sites (N-methyl/N-ethyl adjacent to an activating group) is 1. The van der Waals surface area contributed by atoms with Crippen LogP contribution in [-0.2, 0) is 4.79 Å².